The summed E-state index contributed by atoms with van der Waals surface area (Å²) >= 11 is 0. The molecule has 3 rings (SSSR count). The molecule has 2 N–H and O–H groups in total. The molecule has 1 aromatic carbocycles. The Balaban J connectivity index is 1.76. The number of benzene rings is 1. The summed E-state index contributed by atoms with van der Waals surface area (Å²) in [5.74, 6) is -0.106. The number of hydrogen-bond acceptors (Lipinski definition) is 4. The second kappa shape index (κ2) is 6.22. The summed E-state index contributed by atoms with van der Waals surface area (Å²) in [5, 5.41) is 13.6. The van der Waals surface area contributed by atoms with Crippen molar-refractivity contribution in [3.63, 3.8) is 0 Å². The average molecular weight is 300 g/mol. The fourth-order valence-corrected chi connectivity index (χ4v) is 3.12. The Morgan fingerprint density at radius 3 is 2.77 bits per heavy atom. The maximum Gasteiger partial charge on any atom is 0.306 e. The standard InChI is InChI=1S/C17H20N2O3/c1-22-15-10-14(9-12-3-2-8-18-16(12)15)19-13-6-4-11(5-7-13)17(20)21/h2-3,8-11,13,19H,4-7H2,1H3,(H,20,21). The minimum atomic E-state index is -0.670. The summed E-state index contributed by atoms with van der Waals surface area (Å²) in [6, 6.07) is 8.25. The molecule has 116 valence electrons. The summed E-state index contributed by atoms with van der Waals surface area (Å²) in [4.78, 5) is 15.4. The number of aromatic nitrogens is 1. The summed E-state index contributed by atoms with van der Waals surface area (Å²) < 4.78 is 5.43. The number of anilines is 1. The molecule has 1 saturated carbocycles. The molecular formula is C17H20N2O3. The summed E-state index contributed by atoms with van der Waals surface area (Å²) in [7, 11) is 1.64. The Bertz CT molecular complexity index is 679. The summed E-state index contributed by atoms with van der Waals surface area (Å²) in [5.41, 5.74) is 1.85. The zero-order valence-corrected chi connectivity index (χ0v) is 12.6. The molecule has 5 nitrogen and oxygen atoms in total. The van der Waals surface area contributed by atoms with Gasteiger partial charge in [-0.05, 0) is 37.8 Å². The molecule has 1 heterocycles. The van der Waals surface area contributed by atoms with Gasteiger partial charge < -0.3 is 15.2 Å². The molecule has 0 aliphatic heterocycles. The molecule has 0 atom stereocenters. The van der Waals surface area contributed by atoms with E-state index in [9.17, 15) is 4.79 Å². The fourth-order valence-electron chi connectivity index (χ4n) is 3.12. The Morgan fingerprint density at radius 2 is 2.09 bits per heavy atom. The highest BCUT2D eigenvalue weighted by atomic mass is 16.5. The van der Waals surface area contributed by atoms with Crippen molar-refractivity contribution >= 4 is 22.6 Å². The van der Waals surface area contributed by atoms with Gasteiger partial charge in [0.1, 0.15) is 11.3 Å². The van der Waals surface area contributed by atoms with Crippen LogP contribution in [0.3, 0.4) is 0 Å². The number of carboxylic acid groups (broad SMARTS) is 1. The number of nitrogens with zero attached hydrogens (tertiary/aromatic N) is 1. The Hall–Kier alpha value is -2.30. The molecule has 0 spiro atoms. The van der Waals surface area contributed by atoms with Gasteiger partial charge in [-0.3, -0.25) is 9.78 Å². The summed E-state index contributed by atoms with van der Waals surface area (Å²) in [6.45, 7) is 0. The van der Waals surface area contributed by atoms with Gasteiger partial charge in [-0.1, -0.05) is 6.07 Å². The van der Waals surface area contributed by atoms with Crippen LogP contribution in [-0.4, -0.2) is 29.2 Å². The van der Waals surface area contributed by atoms with Crippen LogP contribution in [0.5, 0.6) is 5.75 Å². The molecule has 0 saturated heterocycles. The van der Waals surface area contributed by atoms with Crippen LogP contribution in [0, 0.1) is 5.92 Å². The number of aliphatic carboxylic acids is 1. The van der Waals surface area contributed by atoms with Crippen molar-refractivity contribution in [1.82, 2.24) is 4.98 Å². The predicted octanol–water partition coefficient (Wildman–Crippen LogP) is 3.30. The van der Waals surface area contributed by atoms with Crippen LogP contribution in [0.15, 0.2) is 30.5 Å². The Labute approximate surface area is 129 Å². The number of methoxy groups -OCH3 is 1. The maximum absolute atomic E-state index is 11.0. The van der Waals surface area contributed by atoms with E-state index in [1.165, 1.54) is 0 Å². The van der Waals surface area contributed by atoms with Crippen LogP contribution < -0.4 is 10.1 Å². The quantitative estimate of drug-likeness (QED) is 0.906. The Morgan fingerprint density at radius 1 is 1.32 bits per heavy atom. The number of pyridine rings is 1. The number of fused-ring (bicyclic) bond motifs is 1. The minimum Gasteiger partial charge on any atom is -0.494 e. The van der Waals surface area contributed by atoms with Crippen LogP contribution in [0.25, 0.3) is 10.9 Å². The van der Waals surface area contributed by atoms with E-state index in [4.69, 9.17) is 9.84 Å². The van der Waals surface area contributed by atoms with Crippen molar-refractivity contribution in [2.45, 2.75) is 31.7 Å². The van der Waals surface area contributed by atoms with Crippen molar-refractivity contribution in [1.29, 1.82) is 0 Å². The third-order valence-corrected chi connectivity index (χ3v) is 4.34. The van der Waals surface area contributed by atoms with Gasteiger partial charge in [-0.25, -0.2) is 0 Å². The van der Waals surface area contributed by atoms with Crippen LogP contribution in [-0.2, 0) is 4.79 Å². The van der Waals surface area contributed by atoms with Gasteiger partial charge in [0.2, 0.25) is 0 Å². The molecule has 2 aromatic rings. The number of carboxylic acids is 1. The molecule has 1 aromatic heterocycles. The van der Waals surface area contributed by atoms with E-state index in [1.807, 2.05) is 18.2 Å². The molecule has 0 amide bonds. The smallest absolute Gasteiger partial charge is 0.306 e. The first-order valence-electron chi connectivity index (χ1n) is 7.59. The highest BCUT2D eigenvalue weighted by Gasteiger charge is 2.25. The van der Waals surface area contributed by atoms with Gasteiger partial charge in [0.15, 0.2) is 0 Å². The van der Waals surface area contributed by atoms with E-state index in [2.05, 4.69) is 16.4 Å². The molecule has 1 aliphatic rings. The SMILES string of the molecule is COc1cc(NC2CCC(C(=O)O)CC2)cc2cccnc12. The van der Waals surface area contributed by atoms with Gasteiger partial charge >= 0.3 is 5.97 Å². The third-order valence-electron chi connectivity index (χ3n) is 4.34. The lowest BCUT2D eigenvalue weighted by molar-refractivity contribution is -0.142. The lowest BCUT2D eigenvalue weighted by Gasteiger charge is -2.27. The van der Waals surface area contributed by atoms with Gasteiger partial charge in [-0.2, -0.15) is 0 Å². The zero-order valence-electron chi connectivity index (χ0n) is 12.6. The van der Waals surface area contributed by atoms with Gasteiger partial charge in [0.25, 0.3) is 0 Å². The lowest BCUT2D eigenvalue weighted by Crippen LogP contribution is -2.29. The normalized spacial score (nSPS) is 21.5. The van der Waals surface area contributed by atoms with E-state index in [-0.39, 0.29) is 5.92 Å². The Kier molecular flexibility index (Phi) is 4.13. The number of ether oxygens (including phenoxy) is 1. The molecule has 1 fully saturated rings. The molecule has 0 radical (unpaired) electrons. The highest BCUT2D eigenvalue weighted by molar-refractivity contribution is 5.88. The topological polar surface area (TPSA) is 71.5 Å². The number of nitrogens with one attached hydrogen (secondary N) is 1. The van der Waals surface area contributed by atoms with Crippen LogP contribution in [0.2, 0.25) is 0 Å². The van der Waals surface area contributed by atoms with Gasteiger partial charge in [0, 0.05) is 29.4 Å². The molecule has 1 aliphatic carbocycles. The van der Waals surface area contributed by atoms with E-state index in [0.29, 0.717) is 6.04 Å². The second-order valence-corrected chi connectivity index (χ2v) is 5.78. The first-order valence-corrected chi connectivity index (χ1v) is 7.59. The van der Waals surface area contributed by atoms with Crippen molar-refractivity contribution in [2.24, 2.45) is 5.92 Å². The highest BCUT2D eigenvalue weighted by Crippen LogP contribution is 2.31. The lowest BCUT2D eigenvalue weighted by atomic mass is 9.86. The fraction of sp³-hybridized carbons (Fsp3) is 0.412. The summed E-state index contributed by atoms with van der Waals surface area (Å²) in [6.07, 6.45) is 4.98. The zero-order chi connectivity index (χ0) is 15.5. The van der Waals surface area contributed by atoms with E-state index in [1.54, 1.807) is 13.3 Å². The van der Waals surface area contributed by atoms with E-state index < -0.39 is 5.97 Å². The number of carbonyl (C=O) groups is 1. The third kappa shape index (κ3) is 2.98. The molecular weight excluding hydrogens is 280 g/mol. The van der Waals surface area contributed by atoms with Crippen LogP contribution in [0.1, 0.15) is 25.7 Å². The van der Waals surface area contributed by atoms with Crippen LogP contribution in [0.4, 0.5) is 5.69 Å². The van der Waals surface area contributed by atoms with Gasteiger partial charge in [-0.15, -0.1) is 0 Å². The van der Waals surface area contributed by atoms with Gasteiger partial charge in [0.05, 0.1) is 13.0 Å². The van der Waals surface area contributed by atoms with Crippen molar-refractivity contribution in [3.05, 3.63) is 30.5 Å². The number of hydrogen-bond donors (Lipinski definition) is 2. The monoisotopic (exact) mass is 300 g/mol. The first kappa shape index (κ1) is 14.6. The molecule has 0 unspecified atom stereocenters. The van der Waals surface area contributed by atoms with Crippen LogP contribution >= 0.6 is 0 Å². The van der Waals surface area contributed by atoms with Crippen molar-refractivity contribution in [3.8, 4) is 5.75 Å². The second-order valence-electron chi connectivity index (χ2n) is 5.78. The predicted molar refractivity (Wildman–Crippen MR) is 85.3 cm³/mol. The van der Waals surface area contributed by atoms with Crippen molar-refractivity contribution < 1.29 is 14.6 Å². The van der Waals surface area contributed by atoms with E-state index in [0.717, 1.165) is 48.0 Å². The minimum absolute atomic E-state index is 0.187. The average Bonchev–Trinajstić information content (AvgIpc) is 2.54. The molecule has 0 bridgehead atoms. The molecule has 22 heavy (non-hydrogen) atoms. The maximum atomic E-state index is 11.0. The van der Waals surface area contributed by atoms with Crippen molar-refractivity contribution in [2.75, 3.05) is 12.4 Å². The largest absolute Gasteiger partial charge is 0.494 e. The first-order chi connectivity index (χ1) is 10.7. The number of rotatable bonds is 4. The molecule has 5 heteroatoms. The van der Waals surface area contributed by atoms with E-state index >= 15 is 0 Å².